The molecule has 0 atom stereocenters. The van der Waals surface area contributed by atoms with Gasteiger partial charge in [0.25, 0.3) is 11.8 Å². The molecule has 3 aromatic heterocycles. The third-order valence-electron chi connectivity index (χ3n) is 9.03. The van der Waals surface area contributed by atoms with Crippen LogP contribution in [0.2, 0.25) is 0 Å². The van der Waals surface area contributed by atoms with Gasteiger partial charge < -0.3 is 24.0 Å². The highest BCUT2D eigenvalue weighted by atomic mass is 19.4. The second-order valence-electron chi connectivity index (χ2n) is 12.2. The Morgan fingerprint density at radius 3 is 2.46 bits per heavy atom. The summed E-state index contributed by atoms with van der Waals surface area (Å²) in [4.78, 5) is 42.5. The van der Waals surface area contributed by atoms with Gasteiger partial charge in [0.2, 0.25) is 0 Å². The predicted octanol–water partition coefficient (Wildman–Crippen LogP) is 4.50. The van der Waals surface area contributed by atoms with E-state index in [0.29, 0.717) is 69.8 Å². The number of alkyl halides is 3. The maximum atomic E-state index is 14.5. The number of benzene rings is 2. The normalized spacial score (nSPS) is 15.7. The van der Waals surface area contributed by atoms with Crippen LogP contribution in [0, 0.1) is 0 Å². The summed E-state index contributed by atoms with van der Waals surface area (Å²) in [5, 5.41) is 4.30. The van der Waals surface area contributed by atoms with E-state index >= 15 is 0 Å². The average Bonchev–Trinajstić information content (AvgIpc) is 3.74. The van der Waals surface area contributed by atoms with Crippen LogP contribution in [0.15, 0.2) is 61.4 Å². The van der Waals surface area contributed by atoms with E-state index in [2.05, 4.69) is 20.0 Å². The number of rotatable bonds is 6. The van der Waals surface area contributed by atoms with Gasteiger partial charge in [0.05, 0.1) is 30.2 Å². The van der Waals surface area contributed by atoms with Gasteiger partial charge in [-0.15, -0.1) is 0 Å². The molecule has 0 saturated carbocycles. The van der Waals surface area contributed by atoms with Crippen LogP contribution in [-0.4, -0.2) is 92.8 Å². The molecule has 48 heavy (non-hydrogen) atoms. The van der Waals surface area contributed by atoms with Crippen LogP contribution < -0.4 is 9.64 Å². The van der Waals surface area contributed by atoms with Crippen LogP contribution in [0.1, 0.15) is 37.5 Å². The summed E-state index contributed by atoms with van der Waals surface area (Å²) in [5.74, 6) is -0.0948. The predicted molar refractivity (Wildman–Crippen MR) is 172 cm³/mol. The summed E-state index contributed by atoms with van der Waals surface area (Å²) in [6.45, 7) is 3.14. The monoisotopic (exact) mass is 658 g/mol. The first-order chi connectivity index (χ1) is 23.0. The topological polar surface area (TPSA) is 102 Å². The van der Waals surface area contributed by atoms with E-state index in [1.165, 1.54) is 20.4 Å². The van der Waals surface area contributed by atoms with Crippen molar-refractivity contribution in [2.75, 3.05) is 51.8 Å². The van der Waals surface area contributed by atoms with Gasteiger partial charge in [-0.1, -0.05) is 0 Å². The highest BCUT2D eigenvalue weighted by molar-refractivity contribution is 6.15. The van der Waals surface area contributed by atoms with Crippen molar-refractivity contribution in [2.24, 2.45) is 7.05 Å². The minimum Gasteiger partial charge on any atom is -0.497 e. The Morgan fingerprint density at radius 1 is 0.979 bits per heavy atom. The first-order valence-corrected chi connectivity index (χ1v) is 15.5. The summed E-state index contributed by atoms with van der Waals surface area (Å²) in [6, 6.07) is 8.59. The first-order valence-electron chi connectivity index (χ1n) is 15.5. The zero-order valence-electron chi connectivity index (χ0n) is 26.7. The molecule has 5 aromatic rings. The molecule has 1 fully saturated rings. The number of piperazine rings is 1. The van der Waals surface area contributed by atoms with Crippen LogP contribution >= 0.6 is 0 Å². The molecule has 248 valence electrons. The van der Waals surface area contributed by atoms with E-state index < -0.39 is 11.9 Å². The van der Waals surface area contributed by atoms with Crippen molar-refractivity contribution < 1.29 is 27.5 Å². The minimum absolute atomic E-state index is 0.0823. The van der Waals surface area contributed by atoms with E-state index in [1.807, 2.05) is 7.05 Å². The Hall–Kier alpha value is -5.24. The van der Waals surface area contributed by atoms with Crippen molar-refractivity contribution in [3.63, 3.8) is 0 Å². The molecule has 1 saturated heterocycles. The molecular weight excluding hydrogens is 625 g/mol. The first kappa shape index (κ1) is 31.4. The van der Waals surface area contributed by atoms with Crippen LogP contribution in [0.4, 0.5) is 18.9 Å². The number of likely N-dealkylation sites (N-methyl/N-ethyl adjacent to an activating group) is 1. The van der Waals surface area contributed by atoms with Crippen molar-refractivity contribution in [2.45, 2.75) is 19.1 Å². The molecule has 0 aliphatic carbocycles. The lowest BCUT2D eigenvalue weighted by Crippen LogP contribution is -2.47. The van der Waals surface area contributed by atoms with Crippen LogP contribution in [0.3, 0.4) is 0 Å². The molecule has 2 aromatic carbocycles. The van der Waals surface area contributed by atoms with Crippen LogP contribution in [0.5, 0.6) is 5.75 Å². The number of ether oxygens (including phenoxy) is 1. The molecule has 5 heterocycles. The lowest BCUT2D eigenvalue weighted by molar-refractivity contribution is -0.141. The molecular formula is C34H33F3N8O3. The molecule has 2 aliphatic rings. The number of halogens is 3. The van der Waals surface area contributed by atoms with E-state index in [1.54, 1.807) is 69.6 Å². The summed E-state index contributed by atoms with van der Waals surface area (Å²) < 4.78 is 51.0. The molecule has 2 amide bonds. The molecule has 2 aliphatic heterocycles. The number of carbonyl (C=O) groups is 2. The Kier molecular flexibility index (Phi) is 7.90. The number of aryl methyl sites for hydroxylation is 1. The number of nitrogens with zero attached hydrogens (tertiary/aromatic N) is 8. The van der Waals surface area contributed by atoms with E-state index in [-0.39, 0.29) is 30.3 Å². The Labute approximate surface area is 274 Å². The van der Waals surface area contributed by atoms with Gasteiger partial charge >= 0.3 is 6.18 Å². The molecule has 7 rings (SSSR count). The Morgan fingerprint density at radius 2 is 1.75 bits per heavy atom. The lowest BCUT2D eigenvalue weighted by atomic mass is 9.87. The smallest absolute Gasteiger partial charge is 0.435 e. The largest absolute Gasteiger partial charge is 0.497 e. The highest BCUT2D eigenvalue weighted by Crippen LogP contribution is 2.41. The SMILES string of the molecule is COc1cc(C(=O)N2CCN(C)CC2)c2nccc(N3CCc4c(cc(Cn5ccnc5)cc4-c4cn(C)nc4C(F)(F)F)C3=O)c2c1. The van der Waals surface area contributed by atoms with E-state index in [9.17, 15) is 22.8 Å². The van der Waals surface area contributed by atoms with Crippen LogP contribution in [-0.2, 0) is 26.2 Å². The molecule has 0 radical (unpaired) electrons. The molecule has 0 unspecified atom stereocenters. The van der Waals surface area contributed by atoms with Gasteiger partial charge in [0.1, 0.15) is 5.75 Å². The fourth-order valence-electron chi connectivity index (χ4n) is 6.62. The van der Waals surface area contributed by atoms with E-state index in [0.717, 1.165) is 17.8 Å². The van der Waals surface area contributed by atoms with Gasteiger partial charge in [-0.2, -0.15) is 18.3 Å². The van der Waals surface area contributed by atoms with Gasteiger partial charge in [-0.05, 0) is 60.5 Å². The number of pyridine rings is 1. The number of hydrogen-bond donors (Lipinski definition) is 0. The second-order valence-corrected chi connectivity index (χ2v) is 12.2. The van der Waals surface area contributed by atoms with E-state index in [4.69, 9.17) is 4.74 Å². The summed E-state index contributed by atoms with van der Waals surface area (Å²) >= 11 is 0. The Bertz CT molecular complexity index is 2030. The maximum absolute atomic E-state index is 14.5. The fraction of sp³-hybridized carbons (Fsp3) is 0.324. The van der Waals surface area contributed by atoms with Gasteiger partial charge in [0, 0.05) is 87.6 Å². The van der Waals surface area contributed by atoms with Gasteiger partial charge in [0.15, 0.2) is 5.69 Å². The molecule has 0 bridgehead atoms. The van der Waals surface area contributed by atoms with Crippen molar-refractivity contribution in [3.8, 4) is 16.9 Å². The minimum atomic E-state index is -4.69. The third kappa shape index (κ3) is 5.65. The lowest BCUT2D eigenvalue weighted by Gasteiger charge is -2.33. The number of methoxy groups -OCH3 is 1. The molecule has 0 spiro atoms. The highest BCUT2D eigenvalue weighted by Gasteiger charge is 2.39. The fourth-order valence-corrected chi connectivity index (χ4v) is 6.62. The van der Waals surface area contributed by atoms with Crippen molar-refractivity contribution in [3.05, 3.63) is 89.4 Å². The summed E-state index contributed by atoms with van der Waals surface area (Å²) in [7, 11) is 4.97. The Balaban J connectivity index is 1.34. The van der Waals surface area contributed by atoms with Gasteiger partial charge in [-0.25, -0.2) is 4.98 Å². The zero-order chi connectivity index (χ0) is 33.7. The molecule has 11 nitrogen and oxygen atoms in total. The number of fused-ring (bicyclic) bond motifs is 2. The molecule has 14 heteroatoms. The molecule has 0 N–H and O–H groups in total. The number of hydrogen-bond acceptors (Lipinski definition) is 7. The van der Waals surface area contributed by atoms with Crippen molar-refractivity contribution >= 4 is 28.4 Å². The average molecular weight is 659 g/mol. The van der Waals surface area contributed by atoms with Crippen molar-refractivity contribution in [1.29, 1.82) is 0 Å². The number of anilines is 1. The zero-order valence-corrected chi connectivity index (χ0v) is 26.7. The van der Waals surface area contributed by atoms with Gasteiger partial charge in [-0.3, -0.25) is 19.3 Å². The van der Waals surface area contributed by atoms with Crippen LogP contribution in [0.25, 0.3) is 22.0 Å². The number of carbonyl (C=O) groups excluding carboxylic acids is 2. The summed E-state index contributed by atoms with van der Waals surface area (Å²) in [5.41, 5.74) is 2.03. The number of imidazole rings is 1. The second kappa shape index (κ2) is 12.1. The third-order valence-corrected chi connectivity index (χ3v) is 9.03. The standard InChI is InChI=1S/C34H33F3N8O3/c1-41-10-12-44(13-11-41)32(46)27-17-22(48-3)16-26-29(4-6-39-30(26)27)45-8-5-23-24(28-19-42(2)40-31(28)34(35,36)37)14-21(15-25(23)33(45)47)18-43-9-7-38-20-43/h4,6-7,9,14-17,19-20H,5,8,10-13,18H2,1-3H3. The van der Waals surface area contributed by atoms with Crippen molar-refractivity contribution in [1.82, 2.24) is 34.1 Å². The summed E-state index contributed by atoms with van der Waals surface area (Å²) in [6.07, 6.45) is 3.47. The number of amides is 2. The maximum Gasteiger partial charge on any atom is 0.435 e. The quantitative estimate of drug-likeness (QED) is 0.265. The number of aromatic nitrogens is 5.